The smallest absolute Gasteiger partial charge is 0.407 e. The van der Waals surface area contributed by atoms with Gasteiger partial charge in [0, 0.05) is 79.1 Å². The summed E-state index contributed by atoms with van der Waals surface area (Å²) in [6.07, 6.45) is 2.54. The highest BCUT2D eigenvalue weighted by atomic mass is 16.6. The zero-order valence-electron chi connectivity index (χ0n) is 33.2. The minimum absolute atomic E-state index is 0.0187. The van der Waals surface area contributed by atoms with Crippen LogP contribution in [0.3, 0.4) is 0 Å². The lowest BCUT2D eigenvalue weighted by Gasteiger charge is -2.34. The van der Waals surface area contributed by atoms with Gasteiger partial charge >= 0.3 is 6.09 Å². The van der Waals surface area contributed by atoms with Crippen LogP contribution < -0.4 is 14.8 Å². The minimum Gasteiger partial charge on any atom is -0.493 e. The molecule has 6 aromatic rings. The summed E-state index contributed by atoms with van der Waals surface area (Å²) >= 11 is 0. The van der Waals surface area contributed by atoms with Crippen molar-refractivity contribution in [2.75, 3.05) is 86.0 Å². The van der Waals surface area contributed by atoms with Crippen LogP contribution in [0, 0.1) is 11.3 Å². The first-order chi connectivity index (χ1) is 29.0. The molecular weight excluding hydrogens is 749 g/mol. The second kappa shape index (κ2) is 18.6. The summed E-state index contributed by atoms with van der Waals surface area (Å²) in [6.45, 7) is 6.37. The summed E-state index contributed by atoms with van der Waals surface area (Å²) in [5, 5.41) is 15.0. The number of piperazine rings is 1. The fraction of sp³-hybridized carbons (Fsp3) is 0.348. The number of amides is 2. The first-order valence-electron chi connectivity index (χ1n) is 20.2. The lowest BCUT2D eigenvalue weighted by molar-refractivity contribution is -0.134. The number of H-pyrrole nitrogens is 1. The van der Waals surface area contributed by atoms with E-state index in [9.17, 15) is 14.9 Å². The maximum Gasteiger partial charge on any atom is 0.407 e. The average Bonchev–Trinajstić information content (AvgIpc) is 3.81. The van der Waals surface area contributed by atoms with Crippen molar-refractivity contribution in [2.45, 2.75) is 18.8 Å². The molecule has 59 heavy (non-hydrogen) atoms. The van der Waals surface area contributed by atoms with Crippen LogP contribution >= 0.6 is 0 Å². The molecule has 0 saturated carbocycles. The van der Waals surface area contributed by atoms with Crippen LogP contribution in [0.15, 0.2) is 85.1 Å². The number of carbonyl (C=O) groups excluding carboxylic acids is 2. The van der Waals surface area contributed by atoms with Gasteiger partial charge < -0.3 is 38.9 Å². The Labute approximate surface area is 342 Å². The van der Waals surface area contributed by atoms with E-state index in [-0.39, 0.29) is 18.4 Å². The van der Waals surface area contributed by atoms with Crippen LogP contribution in [0.5, 0.6) is 11.5 Å². The van der Waals surface area contributed by atoms with Crippen molar-refractivity contribution in [3.8, 4) is 28.7 Å². The number of fused-ring (bicyclic) bond motifs is 8. The number of nitriles is 1. The first kappa shape index (κ1) is 39.6. The Morgan fingerprint density at radius 1 is 0.847 bits per heavy atom. The number of rotatable bonds is 17. The van der Waals surface area contributed by atoms with E-state index in [0.717, 1.165) is 58.8 Å². The van der Waals surface area contributed by atoms with Crippen LogP contribution in [-0.4, -0.2) is 118 Å². The van der Waals surface area contributed by atoms with Crippen molar-refractivity contribution in [2.24, 2.45) is 0 Å². The fourth-order valence-electron chi connectivity index (χ4n) is 8.10. The van der Waals surface area contributed by atoms with Crippen LogP contribution in [0.25, 0.3) is 43.8 Å². The quantitative estimate of drug-likeness (QED) is 0.0964. The van der Waals surface area contributed by atoms with Gasteiger partial charge in [-0.2, -0.15) is 5.26 Å². The van der Waals surface area contributed by atoms with Crippen molar-refractivity contribution >= 4 is 44.7 Å². The number of hydrogen-bond acceptors (Lipinski definition) is 10. The number of ether oxygens (including phenoxy) is 5. The molecule has 2 aliphatic rings. The van der Waals surface area contributed by atoms with Crippen molar-refractivity contribution in [3.05, 3.63) is 102 Å². The number of nitrogens with one attached hydrogen (secondary N) is 2. The molecule has 13 heteroatoms. The number of nitrogens with zero attached hydrogens (tertiary/aromatic N) is 4. The normalized spacial score (nSPS) is 14.0. The Morgan fingerprint density at radius 3 is 2.34 bits per heavy atom. The molecule has 1 saturated heterocycles. The summed E-state index contributed by atoms with van der Waals surface area (Å²) in [4.78, 5) is 37.6. The third kappa shape index (κ3) is 8.95. The van der Waals surface area contributed by atoms with Crippen LogP contribution in [0.4, 0.5) is 4.79 Å². The molecule has 2 N–H and O–H groups in total. The zero-order valence-corrected chi connectivity index (χ0v) is 33.2. The largest absolute Gasteiger partial charge is 0.493 e. The molecule has 0 radical (unpaired) electrons. The van der Waals surface area contributed by atoms with Crippen molar-refractivity contribution in [1.29, 1.82) is 5.26 Å². The maximum absolute atomic E-state index is 12.8. The Kier molecular flexibility index (Phi) is 12.5. The molecule has 1 aliphatic heterocycles. The molecule has 2 amide bonds. The van der Waals surface area contributed by atoms with Crippen molar-refractivity contribution in [1.82, 2.24) is 25.1 Å². The van der Waals surface area contributed by atoms with Gasteiger partial charge in [-0.25, -0.2) is 4.79 Å². The predicted molar refractivity (Wildman–Crippen MR) is 225 cm³/mol. The monoisotopic (exact) mass is 796 g/mol. The van der Waals surface area contributed by atoms with Gasteiger partial charge in [0.25, 0.3) is 0 Å². The van der Waals surface area contributed by atoms with Crippen LogP contribution in [0.1, 0.15) is 35.4 Å². The van der Waals surface area contributed by atoms with E-state index in [1.165, 1.54) is 22.3 Å². The van der Waals surface area contributed by atoms with E-state index < -0.39 is 6.09 Å². The zero-order chi connectivity index (χ0) is 40.6. The van der Waals surface area contributed by atoms with Crippen molar-refractivity contribution in [3.63, 3.8) is 0 Å². The summed E-state index contributed by atoms with van der Waals surface area (Å²) in [6, 6.07) is 28.2. The van der Waals surface area contributed by atoms with Gasteiger partial charge in [-0.05, 0) is 46.9 Å². The molecule has 0 spiro atoms. The average molecular weight is 797 g/mol. The van der Waals surface area contributed by atoms with E-state index in [1.807, 2.05) is 65.7 Å². The molecule has 8 rings (SSSR count). The molecule has 13 nitrogen and oxygen atoms in total. The molecule has 4 aromatic carbocycles. The second-order valence-corrected chi connectivity index (χ2v) is 14.7. The Morgan fingerprint density at radius 2 is 1.59 bits per heavy atom. The molecule has 3 heterocycles. The topological polar surface area (TPSA) is 151 Å². The number of benzene rings is 4. The van der Waals surface area contributed by atoms with Crippen LogP contribution in [0.2, 0.25) is 0 Å². The lowest BCUT2D eigenvalue weighted by Crippen LogP contribution is -2.49. The third-order valence-corrected chi connectivity index (χ3v) is 11.1. The Hall–Kier alpha value is -6.20. The van der Waals surface area contributed by atoms with Gasteiger partial charge in [0.15, 0.2) is 11.5 Å². The van der Waals surface area contributed by atoms with Gasteiger partial charge in [0.1, 0.15) is 6.61 Å². The fourth-order valence-corrected chi connectivity index (χ4v) is 8.10. The third-order valence-electron chi connectivity index (χ3n) is 11.1. The molecular formula is C46H48N6O7. The van der Waals surface area contributed by atoms with Crippen LogP contribution in [-0.2, 0) is 19.0 Å². The Bertz CT molecular complexity index is 2440. The van der Waals surface area contributed by atoms with Gasteiger partial charge in [0.2, 0.25) is 5.91 Å². The number of aromatic nitrogens is 2. The van der Waals surface area contributed by atoms with E-state index in [0.29, 0.717) is 76.2 Å². The second-order valence-electron chi connectivity index (χ2n) is 14.7. The summed E-state index contributed by atoms with van der Waals surface area (Å²) in [5.74, 6) is 1.38. The van der Waals surface area contributed by atoms with E-state index >= 15 is 0 Å². The number of hydrogen-bond donors (Lipinski definition) is 2. The van der Waals surface area contributed by atoms with E-state index in [1.54, 1.807) is 7.11 Å². The summed E-state index contributed by atoms with van der Waals surface area (Å²) in [7, 11) is 1.63. The number of methoxy groups -OCH3 is 1. The van der Waals surface area contributed by atoms with Gasteiger partial charge in [-0.3, -0.25) is 14.7 Å². The highest BCUT2D eigenvalue weighted by Gasteiger charge is 2.29. The highest BCUT2D eigenvalue weighted by molar-refractivity contribution is 6.16. The van der Waals surface area contributed by atoms with E-state index in [4.69, 9.17) is 28.7 Å². The molecule has 0 atom stereocenters. The molecule has 304 valence electrons. The maximum atomic E-state index is 12.8. The standard InChI is InChI=1S/C46H48N6O7/c1-55-42-26-37-40(49-29-38-36-12-11-31(28-47)25-41(36)50-45(37)38)27-43(42)58-20-6-15-51-16-18-52(19-17-51)44(53)13-21-56-23-24-57-22-14-48-46(54)59-30-39-34-9-4-2-7-32(34)33-8-3-5-10-35(33)39/h2-5,7-12,25-27,29,39,50H,6,13-24,30H2,1H3,(H,48,54). The molecule has 0 bridgehead atoms. The predicted octanol–water partition coefficient (Wildman–Crippen LogP) is 6.62. The van der Waals surface area contributed by atoms with Crippen molar-refractivity contribution < 1.29 is 33.3 Å². The molecule has 1 aliphatic carbocycles. The highest BCUT2D eigenvalue weighted by Crippen LogP contribution is 2.44. The first-order valence-corrected chi connectivity index (χ1v) is 20.2. The number of alkyl carbamates (subject to hydrolysis) is 1. The van der Waals surface area contributed by atoms with Gasteiger partial charge in [-0.15, -0.1) is 0 Å². The Balaban J connectivity index is 0.671. The number of aromatic amines is 1. The minimum atomic E-state index is -0.469. The number of carbonyl (C=O) groups is 2. The molecule has 1 fully saturated rings. The number of pyridine rings is 1. The van der Waals surface area contributed by atoms with Gasteiger partial charge in [-0.1, -0.05) is 54.6 Å². The lowest BCUT2D eigenvalue weighted by atomic mass is 9.98. The molecule has 0 unspecified atom stereocenters. The summed E-state index contributed by atoms with van der Waals surface area (Å²) in [5.41, 5.74) is 7.96. The SMILES string of the molecule is COc1cc2c(cc1OCCCN1CCN(C(=O)CCOCCOCCNC(=O)OCC3c4ccccc4-c4ccccc43)CC1)ncc1c3ccc(C#N)cc3[nH]c21. The van der Waals surface area contributed by atoms with E-state index in [2.05, 4.69) is 45.5 Å². The van der Waals surface area contributed by atoms with Gasteiger partial charge in [0.05, 0.1) is 69.2 Å². The molecule has 2 aromatic heterocycles. The summed E-state index contributed by atoms with van der Waals surface area (Å²) < 4.78 is 28.7.